The van der Waals surface area contributed by atoms with Crippen LogP contribution in [0, 0.1) is 0 Å². The number of nitrogens with zero attached hydrogens (tertiary/aromatic N) is 2. The minimum Gasteiger partial charge on any atom is -0.493 e. The van der Waals surface area contributed by atoms with Crippen LogP contribution in [0.3, 0.4) is 0 Å². The third-order valence-corrected chi connectivity index (χ3v) is 3.54. The van der Waals surface area contributed by atoms with E-state index >= 15 is 0 Å². The van der Waals surface area contributed by atoms with Crippen LogP contribution in [0.4, 0.5) is 5.82 Å². The molecule has 0 unspecified atom stereocenters. The molecular weight excluding hydrogens is 278 g/mol. The fraction of sp³-hybridized carbons (Fsp3) is 0.357. The Morgan fingerprint density at radius 1 is 1.30 bits per heavy atom. The molecule has 0 fully saturated rings. The van der Waals surface area contributed by atoms with Gasteiger partial charge in [-0.25, -0.2) is 0 Å². The van der Waals surface area contributed by atoms with Crippen molar-refractivity contribution in [3.63, 3.8) is 0 Å². The van der Waals surface area contributed by atoms with Crippen LogP contribution in [0.15, 0.2) is 12.1 Å². The Hall–Kier alpha value is -1.88. The number of methoxy groups -OCH3 is 2. The zero-order chi connectivity index (χ0) is 14.9. The van der Waals surface area contributed by atoms with Gasteiger partial charge in [-0.2, -0.15) is 5.10 Å². The Balaban J connectivity index is 2.74. The van der Waals surface area contributed by atoms with Crippen LogP contribution < -0.4 is 15.2 Å². The summed E-state index contributed by atoms with van der Waals surface area (Å²) in [7, 11) is 4.99. The second-order valence-corrected chi connectivity index (χ2v) is 4.79. The molecule has 1 heterocycles. The van der Waals surface area contributed by atoms with Crippen LogP contribution in [-0.2, 0) is 13.5 Å². The molecule has 2 rings (SSSR count). The van der Waals surface area contributed by atoms with Crippen LogP contribution in [0.5, 0.6) is 11.5 Å². The molecule has 108 valence electrons. The van der Waals surface area contributed by atoms with Crippen molar-refractivity contribution in [3.8, 4) is 22.8 Å². The normalized spacial score (nSPS) is 10.7. The molecule has 6 heteroatoms. The van der Waals surface area contributed by atoms with Gasteiger partial charge in [0.05, 0.1) is 24.9 Å². The van der Waals surface area contributed by atoms with Gasteiger partial charge in [0.15, 0.2) is 11.5 Å². The summed E-state index contributed by atoms with van der Waals surface area (Å²) in [5, 5.41) is 4.96. The predicted molar refractivity (Wildman–Crippen MR) is 80.5 cm³/mol. The summed E-state index contributed by atoms with van der Waals surface area (Å²) in [4.78, 5) is 0. The van der Waals surface area contributed by atoms with Crippen LogP contribution >= 0.6 is 11.6 Å². The fourth-order valence-corrected chi connectivity index (χ4v) is 2.56. The topological polar surface area (TPSA) is 62.3 Å². The smallest absolute Gasteiger partial charge is 0.164 e. The fourth-order valence-electron chi connectivity index (χ4n) is 2.25. The molecule has 0 aliphatic carbocycles. The number of aromatic nitrogens is 2. The summed E-state index contributed by atoms with van der Waals surface area (Å²) in [5.74, 6) is 1.87. The van der Waals surface area contributed by atoms with Crippen molar-refractivity contribution < 1.29 is 9.47 Å². The zero-order valence-corrected chi connectivity index (χ0v) is 12.8. The molecule has 0 radical (unpaired) electrons. The van der Waals surface area contributed by atoms with E-state index in [1.807, 2.05) is 6.92 Å². The lowest BCUT2D eigenvalue weighted by Crippen LogP contribution is -2.00. The maximum absolute atomic E-state index is 6.39. The summed E-state index contributed by atoms with van der Waals surface area (Å²) in [5.41, 5.74) is 8.36. The quantitative estimate of drug-likeness (QED) is 0.942. The first-order valence-corrected chi connectivity index (χ1v) is 6.64. The number of hydrogen-bond donors (Lipinski definition) is 1. The van der Waals surface area contributed by atoms with Crippen LogP contribution in [0.25, 0.3) is 11.3 Å². The number of aryl methyl sites for hydroxylation is 1. The zero-order valence-electron chi connectivity index (χ0n) is 12.0. The molecule has 0 bridgehead atoms. The second-order valence-electron chi connectivity index (χ2n) is 4.38. The highest BCUT2D eigenvalue weighted by Crippen LogP contribution is 2.43. The molecule has 0 aliphatic heterocycles. The number of ether oxygens (including phenoxy) is 2. The molecule has 1 aromatic carbocycles. The summed E-state index contributed by atoms with van der Waals surface area (Å²) >= 11 is 6.39. The Bertz CT molecular complexity index is 618. The van der Waals surface area contributed by atoms with Gasteiger partial charge in [0, 0.05) is 30.3 Å². The minimum absolute atomic E-state index is 0.567. The number of benzene rings is 1. The number of anilines is 1. The molecule has 2 aromatic rings. The van der Waals surface area contributed by atoms with Gasteiger partial charge in [-0.1, -0.05) is 18.5 Å². The van der Waals surface area contributed by atoms with Gasteiger partial charge < -0.3 is 15.2 Å². The van der Waals surface area contributed by atoms with Crippen LogP contribution in [0.2, 0.25) is 5.02 Å². The highest BCUT2D eigenvalue weighted by atomic mass is 35.5. The SMILES string of the molecule is CCc1c(OC)c(OC)cc(Cl)c1-c1cc(N)n(C)n1. The Labute approximate surface area is 123 Å². The third kappa shape index (κ3) is 2.29. The average molecular weight is 296 g/mol. The van der Waals surface area contributed by atoms with Crippen molar-refractivity contribution in [2.24, 2.45) is 7.05 Å². The van der Waals surface area contributed by atoms with Gasteiger partial charge in [-0.15, -0.1) is 0 Å². The third-order valence-electron chi connectivity index (χ3n) is 3.25. The predicted octanol–water partition coefficient (Wildman–Crippen LogP) is 2.90. The van der Waals surface area contributed by atoms with Gasteiger partial charge >= 0.3 is 0 Å². The average Bonchev–Trinajstić information content (AvgIpc) is 2.76. The van der Waals surface area contributed by atoms with E-state index in [4.69, 9.17) is 26.8 Å². The number of nitrogen functional groups attached to an aromatic ring is 1. The summed E-state index contributed by atoms with van der Waals surface area (Å²) in [6.45, 7) is 2.03. The first kappa shape index (κ1) is 14.5. The lowest BCUT2D eigenvalue weighted by Gasteiger charge is -2.16. The highest BCUT2D eigenvalue weighted by Gasteiger charge is 2.20. The lowest BCUT2D eigenvalue weighted by atomic mass is 10.0. The molecule has 0 spiro atoms. The molecule has 20 heavy (non-hydrogen) atoms. The molecule has 0 amide bonds. The largest absolute Gasteiger partial charge is 0.493 e. The van der Waals surface area contributed by atoms with Crippen molar-refractivity contribution in [2.45, 2.75) is 13.3 Å². The van der Waals surface area contributed by atoms with Gasteiger partial charge in [-0.05, 0) is 6.42 Å². The second kappa shape index (κ2) is 5.63. The monoisotopic (exact) mass is 295 g/mol. The van der Waals surface area contributed by atoms with Crippen molar-refractivity contribution in [2.75, 3.05) is 20.0 Å². The first-order chi connectivity index (χ1) is 9.53. The van der Waals surface area contributed by atoms with E-state index in [0.717, 1.165) is 23.2 Å². The molecule has 0 aliphatic rings. The highest BCUT2D eigenvalue weighted by molar-refractivity contribution is 6.33. The number of nitrogens with two attached hydrogens (primary N) is 1. The van der Waals surface area contributed by atoms with Gasteiger partial charge in [0.25, 0.3) is 0 Å². The Morgan fingerprint density at radius 3 is 2.45 bits per heavy atom. The molecule has 0 saturated heterocycles. The molecule has 0 atom stereocenters. The summed E-state index contributed by atoms with van der Waals surface area (Å²) in [6, 6.07) is 3.53. The van der Waals surface area contributed by atoms with E-state index in [1.165, 1.54) is 0 Å². The molecule has 1 aromatic heterocycles. The van der Waals surface area contributed by atoms with Crippen molar-refractivity contribution in [1.29, 1.82) is 0 Å². The number of hydrogen-bond acceptors (Lipinski definition) is 4. The van der Waals surface area contributed by atoms with E-state index in [9.17, 15) is 0 Å². The number of halogens is 1. The lowest BCUT2D eigenvalue weighted by molar-refractivity contribution is 0.352. The first-order valence-electron chi connectivity index (χ1n) is 6.26. The van der Waals surface area contributed by atoms with E-state index in [0.29, 0.717) is 22.3 Å². The Morgan fingerprint density at radius 2 is 2.00 bits per heavy atom. The standard InChI is InChI=1S/C14H18ClN3O2/c1-5-8-13(10-7-12(16)18(2)17-10)9(15)6-11(19-3)14(8)20-4/h6-7H,5,16H2,1-4H3. The van der Waals surface area contributed by atoms with Gasteiger partial charge in [0.1, 0.15) is 5.82 Å². The maximum atomic E-state index is 6.39. The van der Waals surface area contributed by atoms with Crippen LogP contribution in [-0.4, -0.2) is 24.0 Å². The maximum Gasteiger partial charge on any atom is 0.164 e. The van der Waals surface area contributed by atoms with Gasteiger partial charge in [-0.3, -0.25) is 4.68 Å². The molecule has 0 saturated carbocycles. The van der Waals surface area contributed by atoms with E-state index in [-0.39, 0.29) is 0 Å². The minimum atomic E-state index is 0.567. The van der Waals surface area contributed by atoms with E-state index < -0.39 is 0 Å². The molecule has 5 nitrogen and oxygen atoms in total. The summed E-state index contributed by atoms with van der Waals surface area (Å²) in [6.07, 6.45) is 0.742. The van der Waals surface area contributed by atoms with Gasteiger partial charge in [0.2, 0.25) is 0 Å². The van der Waals surface area contributed by atoms with Crippen molar-refractivity contribution >= 4 is 17.4 Å². The van der Waals surface area contributed by atoms with Crippen molar-refractivity contribution in [3.05, 3.63) is 22.7 Å². The van der Waals surface area contributed by atoms with E-state index in [2.05, 4.69) is 5.10 Å². The van der Waals surface area contributed by atoms with Crippen molar-refractivity contribution in [1.82, 2.24) is 9.78 Å². The van der Waals surface area contributed by atoms with E-state index in [1.54, 1.807) is 38.1 Å². The van der Waals surface area contributed by atoms with Crippen LogP contribution in [0.1, 0.15) is 12.5 Å². The molecule has 2 N–H and O–H groups in total. The summed E-state index contributed by atoms with van der Waals surface area (Å²) < 4.78 is 12.4. The molecular formula is C14H18ClN3O2. The Kier molecular flexibility index (Phi) is 4.09. The number of rotatable bonds is 4.